The van der Waals surface area contributed by atoms with Gasteiger partial charge in [0.25, 0.3) is 5.89 Å². The zero-order valence-corrected chi connectivity index (χ0v) is 13.2. The highest BCUT2D eigenvalue weighted by atomic mass is 16.5. The Labute approximate surface area is 138 Å². The fourth-order valence-electron chi connectivity index (χ4n) is 2.17. The van der Waals surface area contributed by atoms with E-state index in [2.05, 4.69) is 37.9 Å². The summed E-state index contributed by atoms with van der Waals surface area (Å²) in [5.74, 6) is 0.535. The summed E-state index contributed by atoms with van der Waals surface area (Å²) in [6, 6.07) is 7.38. The lowest BCUT2D eigenvalue weighted by Crippen LogP contribution is -2.26. The number of nitrogens with zero attached hydrogens (tertiary/aromatic N) is 6. The molecule has 9 nitrogen and oxygen atoms in total. The number of carbonyl (C=O) groups is 1. The van der Waals surface area contributed by atoms with E-state index < -0.39 is 0 Å². The minimum Gasteiger partial charge on any atom is -0.356 e. The van der Waals surface area contributed by atoms with Gasteiger partial charge in [0.2, 0.25) is 5.91 Å². The van der Waals surface area contributed by atoms with E-state index in [0.717, 1.165) is 12.8 Å². The third-order valence-corrected chi connectivity index (χ3v) is 3.37. The standard InChI is InChI=1S/C15H17N7O2/c1-2-3-8-16-14(23)9-13-18-15(24-19-13)11-6-4-5-7-12(11)22-10-17-20-21-22/h4-7,10H,2-3,8-9H2,1H3,(H,16,23). The summed E-state index contributed by atoms with van der Waals surface area (Å²) in [5.41, 5.74) is 1.40. The van der Waals surface area contributed by atoms with Crippen molar-refractivity contribution in [1.82, 2.24) is 35.7 Å². The first-order chi connectivity index (χ1) is 11.8. The average molecular weight is 327 g/mol. The fourth-order valence-corrected chi connectivity index (χ4v) is 2.17. The van der Waals surface area contributed by atoms with Crippen LogP contribution < -0.4 is 5.32 Å². The van der Waals surface area contributed by atoms with Gasteiger partial charge in [0.05, 0.1) is 17.7 Å². The number of para-hydroxylation sites is 1. The molecule has 3 rings (SSSR count). The zero-order chi connectivity index (χ0) is 16.8. The van der Waals surface area contributed by atoms with Crippen LogP contribution in [0.15, 0.2) is 35.1 Å². The number of aromatic nitrogens is 6. The number of unbranched alkanes of at least 4 members (excludes halogenated alkanes) is 1. The van der Waals surface area contributed by atoms with Gasteiger partial charge in [0.15, 0.2) is 5.82 Å². The smallest absolute Gasteiger partial charge is 0.260 e. The van der Waals surface area contributed by atoms with Crippen molar-refractivity contribution in [3.8, 4) is 17.1 Å². The summed E-state index contributed by atoms with van der Waals surface area (Å²) in [7, 11) is 0. The predicted molar refractivity (Wildman–Crippen MR) is 84.1 cm³/mol. The number of hydrogen-bond acceptors (Lipinski definition) is 7. The van der Waals surface area contributed by atoms with E-state index in [-0.39, 0.29) is 12.3 Å². The van der Waals surface area contributed by atoms with E-state index in [1.807, 2.05) is 24.3 Å². The zero-order valence-electron chi connectivity index (χ0n) is 13.2. The van der Waals surface area contributed by atoms with Crippen LogP contribution in [0.1, 0.15) is 25.6 Å². The lowest BCUT2D eigenvalue weighted by molar-refractivity contribution is -0.120. The van der Waals surface area contributed by atoms with Gasteiger partial charge in [-0.15, -0.1) is 5.10 Å². The molecule has 0 aliphatic heterocycles. The van der Waals surface area contributed by atoms with E-state index in [4.69, 9.17) is 4.52 Å². The highest BCUT2D eigenvalue weighted by Gasteiger charge is 2.16. The molecule has 0 atom stereocenters. The molecule has 0 radical (unpaired) electrons. The topological polar surface area (TPSA) is 112 Å². The third kappa shape index (κ3) is 3.62. The first-order valence-electron chi connectivity index (χ1n) is 7.70. The molecule has 1 aromatic carbocycles. The summed E-state index contributed by atoms with van der Waals surface area (Å²) in [5, 5.41) is 17.8. The van der Waals surface area contributed by atoms with Gasteiger partial charge in [-0.25, -0.2) is 0 Å². The SMILES string of the molecule is CCCCNC(=O)Cc1noc(-c2ccccc2-n2cnnn2)n1. The van der Waals surface area contributed by atoms with Gasteiger partial charge in [0, 0.05) is 6.54 Å². The molecule has 9 heteroatoms. The lowest BCUT2D eigenvalue weighted by Gasteiger charge is -2.03. The number of nitrogens with one attached hydrogen (secondary N) is 1. The van der Waals surface area contributed by atoms with Gasteiger partial charge in [-0.2, -0.15) is 9.67 Å². The molecule has 0 saturated carbocycles. The molecule has 1 amide bonds. The molecule has 24 heavy (non-hydrogen) atoms. The second kappa shape index (κ2) is 7.44. The molecule has 0 fully saturated rings. The monoisotopic (exact) mass is 327 g/mol. The molecule has 3 aromatic rings. The number of tetrazole rings is 1. The van der Waals surface area contributed by atoms with Gasteiger partial charge in [-0.05, 0) is 29.0 Å². The highest BCUT2D eigenvalue weighted by Crippen LogP contribution is 2.24. The molecule has 0 saturated heterocycles. The number of carbonyl (C=O) groups excluding carboxylic acids is 1. The third-order valence-electron chi connectivity index (χ3n) is 3.37. The molecule has 124 valence electrons. The van der Waals surface area contributed by atoms with Gasteiger partial charge in [0.1, 0.15) is 6.33 Å². The average Bonchev–Trinajstić information content (AvgIpc) is 3.27. The second-order valence-electron chi connectivity index (χ2n) is 5.17. The van der Waals surface area contributed by atoms with Crippen LogP contribution in [0.25, 0.3) is 17.1 Å². The number of rotatable bonds is 7. The van der Waals surface area contributed by atoms with Gasteiger partial charge >= 0.3 is 0 Å². The highest BCUT2D eigenvalue weighted by molar-refractivity contribution is 5.77. The summed E-state index contributed by atoms with van der Waals surface area (Å²) >= 11 is 0. The van der Waals surface area contributed by atoms with Gasteiger partial charge in [-0.1, -0.05) is 30.6 Å². The van der Waals surface area contributed by atoms with Crippen LogP contribution in [-0.4, -0.2) is 42.8 Å². The van der Waals surface area contributed by atoms with Crippen molar-refractivity contribution in [2.75, 3.05) is 6.54 Å². The fraction of sp³-hybridized carbons (Fsp3) is 0.333. The Morgan fingerprint density at radius 2 is 2.21 bits per heavy atom. The maximum atomic E-state index is 11.8. The molecule has 2 aromatic heterocycles. The quantitative estimate of drug-likeness (QED) is 0.648. The molecule has 1 N–H and O–H groups in total. The maximum absolute atomic E-state index is 11.8. The van der Waals surface area contributed by atoms with Crippen molar-refractivity contribution >= 4 is 5.91 Å². The number of amides is 1. The van der Waals surface area contributed by atoms with Crippen molar-refractivity contribution < 1.29 is 9.32 Å². The lowest BCUT2D eigenvalue weighted by atomic mass is 10.2. The van der Waals surface area contributed by atoms with E-state index in [1.54, 1.807) is 0 Å². The Morgan fingerprint density at radius 3 is 3.00 bits per heavy atom. The summed E-state index contributed by atoms with van der Waals surface area (Å²) in [6.07, 6.45) is 3.54. The molecular formula is C15H17N7O2. The Kier molecular flexibility index (Phi) is 4.90. The Balaban J connectivity index is 1.76. The number of hydrogen-bond donors (Lipinski definition) is 1. The summed E-state index contributed by atoms with van der Waals surface area (Å²) < 4.78 is 6.80. The van der Waals surface area contributed by atoms with Crippen LogP contribution in [0, 0.1) is 0 Å². The van der Waals surface area contributed by atoms with Crippen LogP contribution in [-0.2, 0) is 11.2 Å². The van der Waals surface area contributed by atoms with Crippen molar-refractivity contribution in [1.29, 1.82) is 0 Å². The summed E-state index contributed by atoms with van der Waals surface area (Å²) in [6.45, 7) is 2.72. The molecule has 2 heterocycles. The first-order valence-corrected chi connectivity index (χ1v) is 7.70. The second-order valence-corrected chi connectivity index (χ2v) is 5.17. The Hall–Kier alpha value is -3.10. The molecule has 0 aliphatic carbocycles. The van der Waals surface area contributed by atoms with E-state index in [1.165, 1.54) is 11.0 Å². The molecule has 0 spiro atoms. The largest absolute Gasteiger partial charge is 0.356 e. The summed E-state index contributed by atoms with van der Waals surface area (Å²) in [4.78, 5) is 16.1. The molecule has 0 bridgehead atoms. The van der Waals surface area contributed by atoms with E-state index in [0.29, 0.717) is 29.5 Å². The van der Waals surface area contributed by atoms with E-state index >= 15 is 0 Å². The minimum absolute atomic E-state index is 0.0836. The molecule has 0 aliphatic rings. The number of benzene rings is 1. The van der Waals surface area contributed by atoms with Crippen molar-refractivity contribution in [2.45, 2.75) is 26.2 Å². The van der Waals surface area contributed by atoms with Crippen molar-refractivity contribution in [2.24, 2.45) is 0 Å². The maximum Gasteiger partial charge on any atom is 0.260 e. The van der Waals surface area contributed by atoms with Crippen LogP contribution in [0.4, 0.5) is 0 Å². The van der Waals surface area contributed by atoms with Crippen LogP contribution in [0.3, 0.4) is 0 Å². The predicted octanol–water partition coefficient (Wildman–Crippen LogP) is 1.17. The van der Waals surface area contributed by atoms with Crippen LogP contribution in [0.2, 0.25) is 0 Å². The molecule has 0 unspecified atom stereocenters. The van der Waals surface area contributed by atoms with Crippen molar-refractivity contribution in [3.05, 3.63) is 36.4 Å². The van der Waals surface area contributed by atoms with Crippen molar-refractivity contribution in [3.63, 3.8) is 0 Å². The molecular weight excluding hydrogens is 310 g/mol. The minimum atomic E-state index is -0.121. The van der Waals surface area contributed by atoms with E-state index in [9.17, 15) is 4.79 Å². The Bertz CT molecular complexity index is 798. The first kappa shape index (κ1) is 15.8. The normalized spacial score (nSPS) is 10.7. The van der Waals surface area contributed by atoms with Crippen LogP contribution in [0.5, 0.6) is 0 Å². The van der Waals surface area contributed by atoms with Crippen LogP contribution >= 0.6 is 0 Å². The van der Waals surface area contributed by atoms with Gasteiger partial charge in [-0.3, -0.25) is 4.79 Å². The Morgan fingerprint density at radius 1 is 1.33 bits per heavy atom. The van der Waals surface area contributed by atoms with Gasteiger partial charge < -0.3 is 9.84 Å².